The molecule has 3 heterocycles. The molecule has 0 bridgehead atoms. The Kier molecular flexibility index (Phi) is 5.56. The van der Waals surface area contributed by atoms with Crippen molar-refractivity contribution in [1.29, 1.82) is 0 Å². The molecule has 0 atom stereocenters. The zero-order valence-electron chi connectivity index (χ0n) is 18.3. The molecule has 168 valence electrons. The van der Waals surface area contributed by atoms with E-state index in [1.54, 1.807) is 29.9 Å². The minimum Gasteiger partial charge on any atom is -0.497 e. The lowest BCUT2D eigenvalue weighted by molar-refractivity contribution is 0.0746. The van der Waals surface area contributed by atoms with Crippen molar-refractivity contribution in [3.05, 3.63) is 90.6 Å². The summed E-state index contributed by atoms with van der Waals surface area (Å²) in [5.74, 6) is 0.821. The van der Waals surface area contributed by atoms with Crippen molar-refractivity contribution in [2.45, 2.75) is 0 Å². The Morgan fingerprint density at radius 2 is 1.64 bits per heavy atom. The van der Waals surface area contributed by atoms with Crippen molar-refractivity contribution >= 4 is 11.6 Å². The first-order valence-corrected chi connectivity index (χ1v) is 10.8. The van der Waals surface area contributed by atoms with Gasteiger partial charge in [-0.3, -0.25) is 4.79 Å². The lowest BCUT2D eigenvalue weighted by atomic mass is 10.2. The van der Waals surface area contributed by atoms with Crippen LogP contribution in [0.4, 0.5) is 10.1 Å². The molecule has 1 aliphatic rings. The molecular formula is C25H24FN5O2. The number of ether oxygens (including phenoxy) is 1. The first kappa shape index (κ1) is 20.8. The van der Waals surface area contributed by atoms with Crippen LogP contribution in [0.15, 0.2) is 79.3 Å². The predicted molar refractivity (Wildman–Crippen MR) is 124 cm³/mol. The zero-order chi connectivity index (χ0) is 22.8. The molecule has 33 heavy (non-hydrogen) atoms. The molecule has 2 aromatic heterocycles. The highest BCUT2D eigenvalue weighted by atomic mass is 19.1. The molecule has 5 rings (SSSR count). The number of aromatic nitrogens is 3. The van der Waals surface area contributed by atoms with E-state index in [2.05, 4.69) is 10.00 Å². The topological polar surface area (TPSA) is 55.5 Å². The molecule has 0 saturated carbocycles. The molecule has 1 fully saturated rings. The molecule has 1 saturated heterocycles. The first-order chi connectivity index (χ1) is 16.2. The molecule has 0 radical (unpaired) electrons. The maximum Gasteiger partial charge on any atom is 0.259 e. The van der Waals surface area contributed by atoms with E-state index in [0.29, 0.717) is 30.2 Å². The number of rotatable bonds is 5. The summed E-state index contributed by atoms with van der Waals surface area (Å²) in [6.07, 6.45) is 5.18. The number of benzene rings is 2. The number of hydrogen-bond donors (Lipinski definition) is 0. The summed E-state index contributed by atoms with van der Waals surface area (Å²) in [7, 11) is 1.65. The number of methoxy groups -OCH3 is 1. The number of hydrogen-bond acceptors (Lipinski definition) is 4. The minimum atomic E-state index is -0.402. The molecule has 1 amide bonds. The molecule has 0 N–H and O–H groups in total. The van der Waals surface area contributed by atoms with E-state index >= 15 is 0 Å². The fourth-order valence-electron chi connectivity index (χ4n) is 4.15. The van der Waals surface area contributed by atoms with Crippen LogP contribution in [0.3, 0.4) is 0 Å². The highest BCUT2D eigenvalue weighted by Crippen LogP contribution is 2.25. The summed E-state index contributed by atoms with van der Waals surface area (Å²) in [5, 5.41) is 4.38. The first-order valence-electron chi connectivity index (χ1n) is 10.8. The van der Waals surface area contributed by atoms with Gasteiger partial charge in [-0.15, -0.1) is 0 Å². The van der Waals surface area contributed by atoms with Crippen molar-refractivity contribution in [1.82, 2.24) is 19.2 Å². The third-order valence-electron chi connectivity index (χ3n) is 5.91. The van der Waals surface area contributed by atoms with Crippen LogP contribution >= 0.6 is 0 Å². The van der Waals surface area contributed by atoms with Gasteiger partial charge in [-0.05, 0) is 48.5 Å². The number of amides is 1. The van der Waals surface area contributed by atoms with Crippen molar-refractivity contribution in [3.63, 3.8) is 0 Å². The normalized spacial score (nSPS) is 13.9. The molecule has 4 aromatic rings. The summed E-state index contributed by atoms with van der Waals surface area (Å²) >= 11 is 0. The Morgan fingerprint density at radius 1 is 0.939 bits per heavy atom. The van der Waals surface area contributed by atoms with Gasteiger partial charge in [0.25, 0.3) is 5.91 Å². The molecule has 8 heteroatoms. The van der Waals surface area contributed by atoms with Crippen molar-refractivity contribution in [3.8, 4) is 17.3 Å². The van der Waals surface area contributed by atoms with Gasteiger partial charge >= 0.3 is 0 Å². The average Bonchev–Trinajstić information content (AvgIpc) is 3.54. The maximum absolute atomic E-state index is 14.5. The van der Waals surface area contributed by atoms with E-state index in [1.165, 1.54) is 16.9 Å². The van der Waals surface area contributed by atoms with Gasteiger partial charge in [-0.1, -0.05) is 12.1 Å². The Morgan fingerprint density at radius 3 is 2.30 bits per heavy atom. The van der Waals surface area contributed by atoms with Crippen LogP contribution < -0.4 is 9.64 Å². The number of carbonyl (C=O) groups excluding carboxylic acids is 1. The number of nitrogens with zero attached hydrogens (tertiary/aromatic N) is 5. The van der Waals surface area contributed by atoms with Crippen LogP contribution in [-0.2, 0) is 0 Å². The minimum absolute atomic E-state index is 0.115. The number of para-hydroxylation sites is 1. The summed E-state index contributed by atoms with van der Waals surface area (Å²) in [6, 6.07) is 18.1. The number of halogens is 1. The van der Waals surface area contributed by atoms with Crippen LogP contribution in [-0.4, -0.2) is 58.4 Å². The van der Waals surface area contributed by atoms with E-state index in [1.807, 2.05) is 53.7 Å². The van der Waals surface area contributed by atoms with Crippen LogP contribution in [0.1, 0.15) is 10.4 Å². The van der Waals surface area contributed by atoms with Gasteiger partial charge in [0.15, 0.2) is 5.82 Å². The Labute approximate surface area is 191 Å². The fraction of sp³-hybridized carbons (Fsp3) is 0.200. The van der Waals surface area contributed by atoms with E-state index in [9.17, 15) is 9.18 Å². The van der Waals surface area contributed by atoms with Crippen LogP contribution in [0.2, 0.25) is 0 Å². The van der Waals surface area contributed by atoms with Gasteiger partial charge in [0.05, 0.1) is 13.3 Å². The standard InChI is InChI=1S/C25H24FN5O2/c1-33-20-10-8-19(9-11-20)28-14-16-30(17-15-28)25(32)21-18-27-31(23-7-3-2-6-22(23)26)24(21)29-12-4-5-13-29/h2-13,18H,14-17H2,1H3. The molecular weight excluding hydrogens is 421 g/mol. The Bertz CT molecular complexity index is 1240. The van der Waals surface area contributed by atoms with Crippen molar-refractivity contribution in [2.75, 3.05) is 38.2 Å². The Balaban J connectivity index is 1.40. The second-order valence-corrected chi connectivity index (χ2v) is 7.81. The number of anilines is 1. The third kappa shape index (κ3) is 3.95. The van der Waals surface area contributed by atoms with Gasteiger partial charge < -0.3 is 19.1 Å². The molecule has 2 aromatic carbocycles. The highest BCUT2D eigenvalue weighted by Gasteiger charge is 2.28. The average molecular weight is 445 g/mol. The molecule has 1 aliphatic heterocycles. The van der Waals surface area contributed by atoms with Gasteiger partial charge in [-0.2, -0.15) is 5.10 Å². The Hall–Kier alpha value is -4.07. The van der Waals surface area contributed by atoms with Crippen molar-refractivity contribution < 1.29 is 13.9 Å². The van der Waals surface area contributed by atoms with Gasteiger partial charge in [0, 0.05) is 44.3 Å². The van der Waals surface area contributed by atoms with E-state index in [-0.39, 0.29) is 5.91 Å². The van der Waals surface area contributed by atoms with Crippen LogP contribution in [0.25, 0.3) is 11.5 Å². The van der Waals surface area contributed by atoms with Gasteiger partial charge in [0.2, 0.25) is 0 Å². The SMILES string of the molecule is COc1ccc(N2CCN(C(=O)c3cnn(-c4ccccc4F)c3-n3cccc3)CC2)cc1. The van der Waals surface area contributed by atoms with E-state index < -0.39 is 5.82 Å². The lowest BCUT2D eigenvalue weighted by Gasteiger charge is -2.36. The smallest absolute Gasteiger partial charge is 0.259 e. The zero-order valence-corrected chi connectivity index (χ0v) is 18.3. The van der Waals surface area contributed by atoms with E-state index in [0.717, 1.165) is 24.5 Å². The fourth-order valence-corrected chi connectivity index (χ4v) is 4.15. The number of carbonyl (C=O) groups is 1. The van der Waals surface area contributed by atoms with Gasteiger partial charge in [-0.25, -0.2) is 9.07 Å². The summed E-state index contributed by atoms with van der Waals surface area (Å²) in [6.45, 7) is 2.61. The summed E-state index contributed by atoms with van der Waals surface area (Å²) < 4.78 is 23.0. The molecule has 7 nitrogen and oxygen atoms in total. The second-order valence-electron chi connectivity index (χ2n) is 7.81. The van der Waals surface area contributed by atoms with E-state index in [4.69, 9.17) is 4.74 Å². The summed E-state index contributed by atoms with van der Waals surface area (Å²) in [5.41, 5.74) is 1.83. The third-order valence-corrected chi connectivity index (χ3v) is 5.91. The molecule has 0 aliphatic carbocycles. The maximum atomic E-state index is 14.5. The molecule has 0 spiro atoms. The second kappa shape index (κ2) is 8.82. The largest absolute Gasteiger partial charge is 0.497 e. The number of piperazine rings is 1. The summed E-state index contributed by atoms with van der Waals surface area (Å²) in [4.78, 5) is 17.6. The predicted octanol–water partition coefficient (Wildman–Crippen LogP) is 3.77. The van der Waals surface area contributed by atoms with Crippen LogP contribution in [0.5, 0.6) is 5.75 Å². The molecule has 0 unspecified atom stereocenters. The highest BCUT2D eigenvalue weighted by molar-refractivity contribution is 5.97. The monoisotopic (exact) mass is 445 g/mol. The van der Waals surface area contributed by atoms with Crippen molar-refractivity contribution in [2.24, 2.45) is 0 Å². The quantitative estimate of drug-likeness (QED) is 0.469. The van der Waals surface area contributed by atoms with Crippen LogP contribution in [0, 0.1) is 5.82 Å². The lowest BCUT2D eigenvalue weighted by Crippen LogP contribution is -2.48. The van der Waals surface area contributed by atoms with Gasteiger partial charge in [0.1, 0.15) is 22.8 Å².